The average molecular weight is 381 g/mol. The lowest BCUT2D eigenvalue weighted by Gasteiger charge is -2.18. The second-order valence-electron chi connectivity index (χ2n) is 6.30. The van der Waals surface area contributed by atoms with Crippen LogP contribution in [0.3, 0.4) is 0 Å². The Morgan fingerprint density at radius 2 is 1.78 bits per heavy atom. The van der Waals surface area contributed by atoms with Crippen LogP contribution in [0.5, 0.6) is 5.75 Å². The van der Waals surface area contributed by atoms with Crippen LogP contribution in [0, 0.1) is 0 Å². The minimum absolute atomic E-state index is 0.0570. The molecule has 0 aromatic heterocycles. The number of carbonyl (C=O) groups excluding carboxylic acids is 1. The summed E-state index contributed by atoms with van der Waals surface area (Å²) >= 11 is 1.74. The zero-order valence-corrected chi connectivity index (χ0v) is 16.5. The lowest BCUT2D eigenvalue weighted by Crippen LogP contribution is -2.37. The third kappa shape index (κ3) is 5.41. The number of carbonyl (C=O) groups is 1. The highest BCUT2D eigenvalue weighted by Crippen LogP contribution is 2.22. The van der Waals surface area contributed by atoms with E-state index in [-0.39, 0.29) is 6.03 Å². The average Bonchev–Trinajstić information content (AvgIpc) is 2.71. The van der Waals surface area contributed by atoms with Crippen molar-refractivity contribution in [1.29, 1.82) is 0 Å². The standard InChI is InChI=1S/C22H24N2O2S/c1-24(22(25)23-12-13-27-21-6-4-3-5-7-21)16-17-8-9-19-15-20(26-2)11-10-18(19)14-17/h3-11,14-15H,12-13,16H2,1-2H3,(H,23,25). The Balaban J connectivity index is 1.49. The summed E-state index contributed by atoms with van der Waals surface area (Å²) in [5.74, 6) is 1.70. The molecule has 0 saturated carbocycles. The Hall–Kier alpha value is -2.66. The minimum Gasteiger partial charge on any atom is -0.497 e. The number of fused-ring (bicyclic) bond motifs is 1. The van der Waals surface area contributed by atoms with Gasteiger partial charge in [-0.25, -0.2) is 4.79 Å². The van der Waals surface area contributed by atoms with Crippen LogP contribution in [-0.2, 0) is 6.54 Å². The smallest absolute Gasteiger partial charge is 0.317 e. The van der Waals surface area contributed by atoms with Crippen LogP contribution in [0.25, 0.3) is 10.8 Å². The molecule has 0 aliphatic heterocycles. The van der Waals surface area contributed by atoms with E-state index in [0.29, 0.717) is 13.1 Å². The lowest BCUT2D eigenvalue weighted by atomic mass is 10.1. The van der Waals surface area contributed by atoms with E-state index in [1.807, 2.05) is 43.4 Å². The molecule has 0 unspecified atom stereocenters. The van der Waals surface area contributed by atoms with Gasteiger partial charge in [-0.05, 0) is 46.7 Å². The van der Waals surface area contributed by atoms with Crippen LogP contribution < -0.4 is 10.1 Å². The molecule has 3 aromatic carbocycles. The molecule has 3 aromatic rings. The molecule has 0 fully saturated rings. The van der Waals surface area contributed by atoms with Gasteiger partial charge in [-0.1, -0.05) is 36.4 Å². The van der Waals surface area contributed by atoms with Gasteiger partial charge in [0.05, 0.1) is 7.11 Å². The van der Waals surface area contributed by atoms with E-state index in [4.69, 9.17) is 4.74 Å². The monoisotopic (exact) mass is 380 g/mol. The van der Waals surface area contributed by atoms with Crippen molar-refractivity contribution in [2.45, 2.75) is 11.4 Å². The Morgan fingerprint density at radius 1 is 1.04 bits per heavy atom. The zero-order valence-electron chi connectivity index (χ0n) is 15.6. The first-order valence-corrected chi connectivity index (χ1v) is 9.88. The van der Waals surface area contributed by atoms with Crippen molar-refractivity contribution in [3.63, 3.8) is 0 Å². The fourth-order valence-electron chi connectivity index (χ4n) is 2.82. The summed E-state index contributed by atoms with van der Waals surface area (Å²) in [6.07, 6.45) is 0. The fraction of sp³-hybridized carbons (Fsp3) is 0.227. The highest BCUT2D eigenvalue weighted by molar-refractivity contribution is 7.99. The number of amides is 2. The Kier molecular flexibility index (Phi) is 6.60. The minimum atomic E-state index is -0.0570. The Bertz CT molecular complexity index is 899. The van der Waals surface area contributed by atoms with Crippen LogP contribution in [-0.4, -0.2) is 37.4 Å². The molecule has 5 heteroatoms. The maximum atomic E-state index is 12.3. The quantitative estimate of drug-likeness (QED) is 0.474. The van der Waals surface area contributed by atoms with Crippen molar-refractivity contribution >= 4 is 28.6 Å². The summed E-state index contributed by atoms with van der Waals surface area (Å²) in [4.78, 5) is 15.2. The van der Waals surface area contributed by atoms with E-state index in [9.17, 15) is 4.79 Å². The molecule has 0 saturated heterocycles. The highest BCUT2D eigenvalue weighted by Gasteiger charge is 2.09. The maximum Gasteiger partial charge on any atom is 0.317 e. The van der Waals surface area contributed by atoms with E-state index in [1.165, 1.54) is 4.90 Å². The molecule has 0 aliphatic rings. The second-order valence-corrected chi connectivity index (χ2v) is 7.47. The van der Waals surface area contributed by atoms with Crippen molar-refractivity contribution in [2.24, 2.45) is 0 Å². The summed E-state index contributed by atoms with van der Waals surface area (Å²) in [6, 6.07) is 22.4. The zero-order chi connectivity index (χ0) is 19.1. The summed E-state index contributed by atoms with van der Waals surface area (Å²) < 4.78 is 5.26. The molecule has 140 valence electrons. The summed E-state index contributed by atoms with van der Waals surface area (Å²) in [5.41, 5.74) is 1.10. The number of methoxy groups -OCH3 is 1. The first-order chi connectivity index (χ1) is 13.2. The third-order valence-electron chi connectivity index (χ3n) is 4.27. The van der Waals surface area contributed by atoms with Gasteiger partial charge in [0.25, 0.3) is 0 Å². The van der Waals surface area contributed by atoms with Gasteiger partial charge in [0.1, 0.15) is 5.75 Å². The largest absolute Gasteiger partial charge is 0.497 e. The summed E-state index contributed by atoms with van der Waals surface area (Å²) in [5, 5.41) is 5.24. The molecule has 0 heterocycles. The molecule has 0 bridgehead atoms. The van der Waals surface area contributed by atoms with Gasteiger partial charge in [0.15, 0.2) is 0 Å². The van der Waals surface area contributed by atoms with E-state index in [1.54, 1.807) is 23.8 Å². The van der Waals surface area contributed by atoms with Crippen LogP contribution in [0.2, 0.25) is 0 Å². The van der Waals surface area contributed by atoms with Gasteiger partial charge >= 0.3 is 6.03 Å². The van der Waals surface area contributed by atoms with Crippen LogP contribution in [0.15, 0.2) is 71.6 Å². The van der Waals surface area contributed by atoms with Crippen molar-refractivity contribution < 1.29 is 9.53 Å². The van der Waals surface area contributed by atoms with Crippen molar-refractivity contribution in [3.8, 4) is 5.75 Å². The molecule has 27 heavy (non-hydrogen) atoms. The maximum absolute atomic E-state index is 12.3. The van der Waals surface area contributed by atoms with Gasteiger partial charge in [-0.2, -0.15) is 0 Å². The van der Waals surface area contributed by atoms with E-state index < -0.39 is 0 Å². The number of urea groups is 1. The molecular weight excluding hydrogens is 356 g/mol. The number of nitrogens with one attached hydrogen (secondary N) is 1. The number of benzene rings is 3. The van der Waals surface area contributed by atoms with Gasteiger partial charge in [0, 0.05) is 30.8 Å². The van der Waals surface area contributed by atoms with Crippen LogP contribution in [0.1, 0.15) is 5.56 Å². The van der Waals surface area contributed by atoms with E-state index in [2.05, 4.69) is 35.6 Å². The Labute approximate surface area is 164 Å². The van der Waals surface area contributed by atoms with Crippen molar-refractivity contribution in [2.75, 3.05) is 26.5 Å². The number of hydrogen-bond donors (Lipinski definition) is 1. The fourth-order valence-corrected chi connectivity index (χ4v) is 3.61. The summed E-state index contributed by atoms with van der Waals surface area (Å²) in [6.45, 7) is 1.21. The SMILES string of the molecule is COc1ccc2cc(CN(C)C(=O)NCCSc3ccccc3)ccc2c1. The third-order valence-corrected chi connectivity index (χ3v) is 5.28. The predicted octanol–water partition coefficient (Wildman–Crippen LogP) is 4.78. The molecule has 0 radical (unpaired) electrons. The van der Waals surface area contributed by atoms with Crippen molar-refractivity contribution in [3.05, 3.63) is 72.3 Å². The van der Waals surface area contributed by atoms with Gasteiger partial charge in [0.2, 0.25) is 0 Å². The molecule has 2 amide bonds. The molecular formula is C22H24N2O2S. The molecule has 4 nitrogen and oxygen atoms in total. The molecule has 0 spiro atoms. The van der Waals surface area contributed by atoms with Gasteiger partial charge < -0.3 is 15.0 Å². The van der Waals surface area contributed by atoms with Gasteiger partial charge in [-0.3, -0.25) is 0 Å². The normalized spacial score (nSPS) is 10.6. The number of nitrogens with zero attached hydrogens (tertiary/aromatic N) is 1. The topological polar surface area (TPSA) is 41.6 Å². The molecule has 0 atom stereocenters. The summed E-state index contributed by atoms with van der Waals surface area (Å²) in [7, 11) is 3.49. The number of rotatable bonds is 7. The van der Waals surface area contributed by atoms with Crippen molar-refractivity contribution in [1.82, 2.24) is 10.2 Å². The number of thioether (sulfide) groups is 1. The molecule has 3 rings (SSSR count). The van der Waals surface area contributed by atoms with E-state index >= 15 is 0 Å². The first kappa shape index (κ1) is 19.1. The van der Waals surface area contributed by atoms with E-state index in [0.717, 1.165) is 27.8 Å². The van der Waals surface area contributed by atoms with Crippen LogP contribution >= 0.6 is 11.8 Å². The first-order valence-electron chi connectivity index (χ1n) is 8.89. The van der Waals surface area contributed by atoms with Gasteiger partial charge in [-0.15, -0.1) is 11.8 Å². The van der Waals surface area contributed by atoms with Crippen LogP contribution in [0.4, 0.5) is 4.79 Å². The predicted molar refractivity (Wildman–Crippen MR) is 113 cm³/mol. The molecule has 1 N–H and O–H groups in total. The highest BCUT2D eigenvalue weighted by atomic mass is 32.2. The number of ether oxygens (including phenoxy) is 1. The Morgan fingerprint density at radius 3 is 2.56 bits per heavy atom. The molecule has 0 aliphatic carbocycles. The lowest BCUT2D eigenvalue weighted by molar-refractivity contribution is 0.207. The number of hydrogen-bond acceptors (Lipinski definition) is 3. The second kappa shape index (κ2) is 9.33.